The SMILES string of the molecule is COc1ccc([C@H]2Sc3cc(Oc4ccccc4C)ccc3N(CCN(C)C)C(=O)[C@H]2OC(C)=O)cc1. The van der Waals surface area contributed by atoms with Crippen molar-refractivity contribution in [3.05, 3.63) is 77.9 Å². The standard InChI is InChI=1S/C29H32N2O5S/c1-19-8-6-7-9-25(19)36-23-14-15-24-26(18-23)37-28(21-10-12-22(34-5)13-11-21)27(35-20(2)32)29(33)31(24)17-16-30(3)4/h6-15,18,27-28H,16-17H2,1-5H3/t27-,28+/m0/s1. The number of anilines is 1. The van der Waals surface area contributed by atoms with Crippen LogP contribution in [-0.2, 0) is 14.3 Å². The van der Waals surface area contributed by atoms with E-state index >= 15 is 0 Å². The molecule has 3 aromatic carbocycles. The van der Waals surface area contributed by atoms with Gasteiger partial charge in [-0.1, -0.05) is 30.3 Å². The number of hydrogen-bond acceptors (Lipinski definition) is 7. The molecule has 0 aromatic heterocycles. The summed E-state index contributed by atoms with van der Waals surface area (Å²) in [4.78, 5) is 30.7. The quantitative estimate of drug-likeness (QED) is 0.365. The van der Waals surface area contributed by atoms with Crippen molar-refractivity contribution < 1.29 is 23.8 Å². The Morgan fingerprint density at radius 1 is 1.03 bits per heavy atom. The molecule has 7 nitrogen and oxygen atoms in total. The number of benzene rings is 3. The van der Waals surface area contributed by atoms with Crippen LogP contribution in [0.3, 0.4) is 0 Å². The molecule has 0 unspecified atom stereocenters. The zero-order chi connectivity index (χ0) is 26.5. The Balaban J connectivity index is 1.79. The van der Waals surface area contributed by atoms with Gasteiger partial charge in [0.1, 0.15) is 17.2 Å². The minimum absolute atomic E-state index is 0.253. The molecule has 37 heavy (non-hydrogen) atoms. The van der Waals surface area contributed by atoms with Gasteiger partial charge in [-0.15, -0.1) is 11.8 Å². The molecule has 1 aliphatic heterocycles. The predicted octanol–water partition coefficient (Wildman–Crippen LogP) is 5.47. The number of rotatable bonds is 8. The maximum atomic E-state index is 13.9. The molecule has 0 fully saturated rings. The van der Waals surface area contributed by atoms with Gasteiger partial charge in [0.05, 0.1) is 18.0 Å². The number of fused-ring (bicyclic) bond motifs is 1. The van der Waals surface area contributed by atoms with E-state index in [9.17, 15) is 9.59 Å². The number of esters is 1. The number of ether oxygens (including phenoxy) is 3. The van der Waals surface area contributed by atoms with Gasteiger partial charge in [-0.25, -0.2) is 0 Å². The Hall–Kier alpha value is -3.49. The fourth-order valence-electron chi connectivity index (χ4n) is 4.13. The molecule has 1 amide bonds. The van der Waals surface area contributed by atoms with Crippen molar-refractivity contribution in [3.8, 4) is 17.2 Å². The molecule has 4 rings (SSSR count). The zero-order valence-electron chi connectivity index (χ0n) is 21.8. The third kappa shape index (κ3) is 6.26. The number of carbonyl (C=O) groups excluding carboxylic acids is 2. The first-order valence-electron chi connectivity index (χ1n) is 12.1. The second-order valence-corrected chi connectivity index (χ2v) is 10.3. The van der Waals surface area contributed by atoms with E-state index in [0.717, 1.165) is 27.5 Å². The third-order valence-corrected chi connectivity index (χ3v) is 7.44. The Labute approximate surface area is 222 Å². The number of hydrogen-bond donors (Lipinski definition) is 0. The van der Waals surface area contributed by atoms with Crippen LogP contribution < -0.4 is 14.4 Å². The van der Waals surface area contributed by atoms with E-state index in [0.29, 0.717) is 24.6 Å². The van der Waals surface area contributed by atoms with Gasteiger partial charge in [-0.05, 0) is 68.5 Å². The molecule has 0 saturated heterocycles. The van der Waals surface area contributed by atoms with Gasteiger partial charge >= 0.3 is 5.97 Å². The zero-order valence-corrected chi connectivity index (χ0v) is 22.6. The topological polar surface area (TPSA) is 68.3 Å². The molecule has 194 valence electrons. The summed E-state index contributed by atoms with van der Waals surface area (Å²) in [7, 11) is 5.52. The highest BCUT2D eigenvalue weighted by atomic mass is 32.2. The molecular formula is C29H32N2O5S. The first kappa shape index (κ1) is 26.6. The van der Waals surface area contributed by atoms with E-state index in [1.54, 1.807) is 12.0 Å². The Morgan fingerprint density at radius 3 is 2.38 bits per heavy atom. The highest BCUT2D eigenvalue weighted by molar-refractivity contribution is 7.99. The average Bonchev–Trinajstić information content (AvgIpc) is 2.98. The van der Waals surface area contributed by atoms with Gasteiger partial charge in [0.15, 0.2) is 6.10 Å². The van der Waals surface area contributed by atoms with E-state index in [1.165, 1.54) is 18.7 Å². The van der Waals surface area contributed by atoms with Gasteiger partial charge < -0.3 is 24.0 Å². The summed E-state index contributed by atoms with van der Waals surface area (Å²) in [5.41, 5.74) is 2.65. The number of nitrogens with zero attached hydrogens (tertiary/aromatic N) is 2. The Morgan fingerprint density at radius 2 is 1.73 bits per heavy atom. The molecule has 2 atom stereocenters. The summed E-state index contributed by atoms with van der Waals surface area (Å²) < 4.78 is 17.2. The first-order valence-corrected chi connectivity index (χ1v) is 13.0. The summed E-state index contributed by atoms with van der Waals surface area (Å²) >= 11 is 1.49. The van der Waals surface area contributed by atoms with E-state index in [-0.39, 0.29) is 5.91 Å². The molecular weight excluding hydrogens is 488 g/mol. The third-order valence-electron chi connectivity index (χ3n) is 6.09. The van der Waals surface area contributed by atoms with Crippen LogP contribution in [-0.4, -0.2) is 57.2 Å². The lowest BCUT2D eigenvalue weighted by Crippen LogP contribution is -2.45. The highest BCUT2D eigenvalue weighted by Crippen LogP contribution is 2.48. The average molecular weight is 521 g/mol. The fourth-order valence-corrected chi connectivity index (χ4v) is 5.48. The minimum atomic E-state index is -0.994. The van der Waals surface area contributed by atoms with Crippen LogP contribution in [0, 0.1) is 6.92 Å². The van der Waals surface area contributed by atoms with Crippen molar-refractivity contribution in [1.82, 2.24) is 4.90 Å². The van der Waals surface area contributed by atoms with Crippen molar-refractivity contribution in [2.75, 3.05) is 39.2 Å². The van der Waals surface area contributed by atoms with Crippen molar-refractivity contribution in [2.45, 2.75) is 30.1 Å². The van der Waals surface area contributed by atoms with Crippen molar-refractivity contribution >= 4 is 29.3 Å². The van der Waals surface area contributed by atoms with Crippen LogP contribution >= 0.6 is 11.8 Å². The van der Waals surface area contributed by atoms with Gasteiger partial charge in [0.2, 0.25) is 0 Å². The van der Waals surface area contributed by atoms with E-state index in [4.69, 9.17) is 14.2 Å². The molecule has 0 radical (unpaired) electrons. The number of para-hydroxylation sites is 1. The van der Waals surface area contributed by atoms with Gasteiger partial charge in [-0.2, -0.15) is 0 Å². The van der Waals surface area contributed by atoms with Crippen LogP contribution in [0.1, 0.15) is 23.3 Å². The van der Waals surface area contributed by atoms with Crippen LogP contribution in [0.25, 0.3) is 0 Å². The van der Waals surface area contributed by atoms with Crippen LogP contribution in [0.4, 0.5) is 5.69 Å². The van der Waals surface area contributed by atoms with Crippen LogP contribution in [0.5, 0.6) is 17.2 Å². The molecule has 8 heteroatoms. The fraction of sp³-hybridized carbons (Fsp3) is 0.310. The predicted molar refractivity (Wildman–Crippen MR) is 146 cm³/mol. The molecule has 0 aliphatic carbocycles. The van der Waals surface area contributed by atoms with Crippen molar-refractivity contribution in [2.24, 2.45) is 0 Å². The second-order valence-electron chi connectivity index (χ2n) is 9.13. The molecule has 0 N–H and O–H groups in total. The van der Waals surface area contributed by atoms with Crippen molar-refractivity contribution in [3.63, 3.8) is 0 Å². The summed E-state index contributed by atoms with van der Waals surface area (Å²) in [6.45, 7) is 4.43. The van der Waals surface area contributed by atoms with E-state index in [2.05, 4.69) is 0 Å². The highest BCUT2D eigenvalue weighted by Gasteiger charge is 2.41. The van der Waals surface area contributed by atoms with E-state index in [1.807, 2.05) is 92.6 Å². The normalized spacial score (nSPS) is 17.2. The maximum absolute atomic E-state index is 13.9. The smallest absolute Gasteiger partial charge is 0.303 e. The molecule has 0 saturated carbocycles. The van der Waals surface area contributed by atoms with E-state index < -0.39 is 17.3 Å². The summed E-state index contributed by atoms with van der Waals surface area (Å²) in [6, 6.07) is 21.1. The van der Waals surface area contributed by atoms with Gasteiger partial charge in [0.25, 0.3) is 5.91 Å². The number of methoxy groups -OCH3 is 1. The first-order chi connectivity index (χ1) is 17.8. The molecule has 0 bridgehead atoms. The Bertz CT molecular complexity index is 1260. The number of amides is 1. The van der Waals surface area contributed by atoms with Crippen LogP contribution in [0.2, 0.25) is 0 Å². The van der Waals surface area contributed by atoms with Crippen molar-refractivity contribution in [1.29, 1.82) is 0 Å². The molecule has 3 aromatic rings. The molecule has 1 aliphatic rings. The number of thioether (sulfide) groups is 1. The van der Waals surface area contributed by atoms with Gasteiger partial charge in [0, 0.05) is 24.9 Å². The minimum Gasteiger partial charge on any atom is -0.497 e. The number of carbonyl (C=O) groups is 2. The monoisotopic (exact) mass is 520 g/mol. The summed E-state index contributed by atoms with van der Waals surface area (Å²) in [6.07, 6.45) is -0.994. The second kappa shape index (κ2) is 11.7. The van der Waals surface area contributed by atoms with Gasteiger partial charge in [-0.3, -0.25) is 9.59 Å². The lowest BCUT2D eigenvalue weighted by molar-refractivity contribution is -0.152. The van der Waals surface area contributed by atoms with Crippen LogP contribution in [0.15, 0.2) is 71.6 Å². The molecule has 1 heterocycles. The number of aryl methyl sites for hydroxylation is 1. The summed E-state index contributed by atoms with van der Waals surface area (Å²) in [5, 5.41) is -0.459. The largest absolute Gasteiger partial charge is 0.497 e. The lowest BCUT2D eigenvalue weighted by Gasteiger charge is -2.28. The Kier molecular flexibility index (Phi) is 8.41. The lowest BCUT2D eigenvalue weighted by atomic mass is 10.1. The molecule has 0 spiro atoms. The maximum Gasteiger partial charge on any atom is 0.303 e. The summed E-state index contributed by atoms with van der Waals surface area (Å²) in [5.74, 6) is 1.39. The number of likely N-dealkylation sites (N-methyl/N-ethyl adjacent to an activating group) is 1.